The molecule has 1 amide bonds. The fraction of sp³-hybridized carbons (Fsp3) is 0.300. The van der Waals surface area contributed by atoms with Gasteiger partial charge in [0.05, 0.1) is 5.56 Å². The van der Waals surface area contributed by atoms with Crippen LogP contribution < -0.4 is 16.2 Å². The molecule has 4 N–H and O–H groups in total. The number of carbonyl (C=O) groups is 1. The SMILES string of the molecule is CC(Oc1cc(C(N)=O)c(N)cc1F)C(F)(F)F. The fourth-order valence-electron chi connectivity index (χ4n) is 1.13. The number of alkyl halides is 3. The molecule has 1 atom stereocenters. The number of primary amides is 1. The number of nitrogens with two attached hydrogens (primary N) is 2. The average molecular weight is 266 g/mol. The summed E-state index contributed by atoms with van der Waals surface area (Å²) in [7, 11) is 0. The number of rotatable bonds is 3. The van der Waals surface area contributed by atoms with Crippen LogP contribution in [0.25, 0.3) is 0 Å². The van der Waals surface area contributed by atoms with E-state index in [0.29, 0.717) is 13.0 Å². The quantitative estimate of drug-likeness (QED) is 0.647. The van der Waals surface area contributed by atoms with Gasteiger partial charge in [0.15, 0.2) is 17.7 Å². The van der Waals surface area contributed by atoms with Gasteiger partial charge in [-0.05, 0) is 13.0 Å². The van der Waals surface area contributed by atoms with E-state index in [-0.39, 0.29) is 11.3 Å². The summed E-state index contributed by atoms with van der Waals surface area (Å²) in [5.41, 5.74) is 9.64. The first-order valence-electron chi connectivity index (χ1n) is 4.75. The molecule has 1 unspecified atom stereocenters. The molecule has 4 nitrogen and oxygen atoms in total. The summed E-state index contributed by atoms with van der Waals surface area (Å²) in [4.78, 5) is 10.9. The van der Waals surface area contributed by atoms with E-state index in [9.17, 15) is 22.4 Å². The van der Waals surface area contributed by atoms with Crippen LogP contribution in [0.4, 0.5) is 23.2 Å². The van der Waals surface area contributed by atoms with Crippen molar-refractivity contribution >= 4 is 11.6 Å². The highest BCUT2D eigenvalue weighted by Crippen LogP contribution is 2.29. The maximum atomic E-state index is 13.3. The van der Waals surface area contributed by atoms with E-state index in [0.717, 1.165) is 6.07 Å². The van der Waals surface area contributed by atoms with Gasteiger partial charge in [0.2, 0.25) is 0 Å². The highest BCUT2D eigenvalue weighted by molar-refractivity contribution is 5.98. The molecule has 0 bridgehead atoms. The van der Waals surface area contributed by atoms with Crippen LogP contribution in [0.15, 0.2) is 12.1 Å². The zero-order valence-electron chi connectivity index (χ0n) is 9.22. The van der Waals surface area contributed by atoms with Gasteiger partial charge in [-0.1, -0.05) is 0 Å². The molecule has 0 heterocycles. The van der Waals surface area contributed by atoms with Crippen LogP contribution in [0.2, 0.25) is 0 Å². The van der Waals surface area contributed by atoms with Crippen LogP contribution in [0.3, 0.4) is 0 Å². The lowest BCUT2D eigenvalue weighted by molar-refractivity contribution is -0.189. The first-order chi connectivity index (χ1) is 8.12. The minimum Gasteiger partial charge on any atom is -0.478 e. The Balaban J connectivity index is 3.10. The molecule has 0 aliphatic carbocycles. The zero-order valence-corrected chi connectivity index (χ0v) is 9.22. The number of ether oxygens (including phenoxy) is 1. The lowest BCUT2D eigenvalue weighted by Crippen LogP contribution is -2.31. The van der Waals surface area contributed by atoms with E-state index in [1.807, 2.05) is 0 Å². The Kier molecular flexibility index (Phi) is 3.68. The van der Waals surface area contributed by atoms with E-state index in [4.69, 9.17) is 11.5 Å². The Hall–Kier alpha value is -1.99. The van der Waals surface area contributed by atoms with Crippen molar-refractivity contribution in [3.05, 3.63) is 23.5 Å². The second-order valence-corrected chi connectivity index (χ2v) is 3.54. The van der Waals surface area contributed by atoms with Crippen molar-refractivity contribution in [2.45, 2.75) is 19.2 Å². The molecular formula is C10H10F4N2O2. The summed E-state index contributed by atoms with van der Waals surface area (Å²) in [5.74, 6) is -2.83. The third kappa shape index (κ3) is 3.02. The van der Waals surface area contributed by atoms with Gasteiger partial charge in [0.25, 0.3) is 5.91 Å². The molecule has 1 aromatic rings. The normalized spacial score (nSPS) is 13.2. The smallest absolute Gasteiger partial charge is 0.425 e. The van der Waals surface area contributed by atoms with Gasteiger partial charge in [0.1, 0.15) is 0 Å². The third-order valence-electron chi connectivity index (χ3n) is 2.13. The molecular weight excluding hydrogens is 256 g/mol. The Bertz CT molecular complexity index is 474. The van der Waals surface area contributed by atoms with Gasteiger partial charge in [-0.25, -0.2) is 4.39 Å². The molecule has 1 aromatic carbocycles. The number of anilines is 1. The maximum Gasteiger partial charge on any atom is 0.425 e. The molecule has 0 aliphatic heterocycles. The van der Waals surface area contributed by atoms with Crippen LogP contribution in [0.1, 0.15) is 17.3 Å². The summed E-state index contributed by atoms with van der Waals surface area (Å²) >= 11 is 0. The predicted molar refractivity (Wildman–Crippen MR) is 55.5 cm³/mol. The summed E-state index contributed by atoms with van der Waals surface area (Å²) in [5, 5.41) is 0. The summed E-state index contributed by atoms with van der Waals surface area (Å²) < 4.78 is 54.4. The van der Waals surface area contributed by atoms with Crippen LogP contribution in [-0.4, -0.2) is 18.2 Å². The molecule has 0 aromatic heterocycles. The summed E-state index contributed by atoms with van der Waals surface area (Å²) in [6.45, 7) is 0.708. The minimum atomic E-state index is -4.65. The van der Waals surface area contributed by atoms with Gasteiger partial charge in [-0.2, -0.15) is 13.2 Å². The molecule has 0 spiro atoms. The standard InChI is InChI=1S/C10H10F4N2O2/c1-4(10(12,13)14)18-8-2-5(9(16)17)7(15)3-6(8)11/h2-4H,15H2,1H3,(H2,16,17). The minimum absolute atomic E-state index is 0.271. The van der Waals surface area contributed by atoms with E-state index in [2.05, 4.69) is 4.74 Å². The Morgan fingerprint density at radius 3 is 2.39 bits per heavy atom. The Labute approximate surface area is 99.5 Å². The van der Waals surface area contributed by atoms with Crippen molar-refractivity contribution in [2.75, 3.05) is 5.73 Å². The van der Waals surface area contributed by atoms with Crippen molar-refractivity contribution in [3.63, 3.8) is 0 Å². The van der Waals surface area contributed by atoms with Crippen LogP contribution in [-0.2, 0) is 0 Å². The molecule has 100 valence electrons. The van der Waals surface area contributed by atoms with E-state index < -0.39 is 29.8 Å². The Morgan fingerprint density at radius 2 is 1.94 bits per heavy atom. The molecule has 0 saturated carbocycles. The third-order valence-corrected chi connectivity index (χ3v) is 2.13. The number of benzene rings is 1. The molecule has 8 heteroatoms. The zero-order chi connectivity index (χ0) is 14.1. The first-order valence-corrected chi connectivity index (χ1v) is 4.75. The van der Waals surface area contributed by atoms with Crippen LogP contribution >= 0.6 is 0 Å². The molecule has 18 heavy (non-hydrogen) atoms. The summed E-state index contributed by atoms with van der Waals surface area (Å²) in [6, 6.07) is 1.42. The largest absolute Gasteiger partial charge is 0.478 e. The number of amides is 1. The van der Waals surface area contributed by atoms with Gasteiger partial charge >= 0.3 is 6.18 Å². The second kappa shape index (κ2) is 4.71. The number of hydrogen-bond donors (Lipinski definition) is 2. The topological polar surface area (TPSA) is 78.3 Å². The fourth-order valence-corrected chi connectivity index (χ4v) is 1.13. The highest BCUT2D eigenvalue weighted by atomic mass is 19.4. The lowest BCUT2D eigenvalue weighted by Gasteiger charge is -2.18. The van der Waals surface area contributed by atoms with Crippen molar-refractivity contribution in [1.82, 2.24) is 0 Å². The number of nitrogen functional groups attached to an aromatic ring is 1. The van der Waals surface area contributed by atoms with Crippen LogP contribution in [0, 0.1) is 5.82 Å². The van der Waals surface area contributed by atoms with Gasteiger partial charge in [-0.15, -0.1) is 0 Å². The van der Waals surface area contributed by atoms with E-state index >= 15 is 0 Å². The van der Waals surface area contributed by atoms with E-state index in [1.165, 1.54) is 0 Å². The number of hydrogen-bond acceptors (Lipinski definition) is 3. The molecule has 0 saturated heterocycles. The van der Waals surface area contributed by atoms with Gasteiger partial charge in [0, 0.05) is 11.8 Å². The summed E-state index contributed by atoms with van der Waals surface area (Å²) in [6.07, 6.45) is -6.88. The van der Waals surface area contributed by atoms with Crippen molar-refractivity contribution in [1.29, 1.82) is 0 Å². The average Bonchev–Trinajstić information content (AvgIpc) is 2.19. The molecule has 0 fully saturated rings. The van der Waals surface area contributed by atoms with Crippen molar-refractivity contribution in [3.8, 4) is 5.75 Å². The lowest BCUT2D eigenvalue weighted by atomic mass is 10.1. The molecule has 1 rings (SSSR count). The number of carbonyl (C=O) groups excluding carboxylic acids is 1. The van der Waals surface area contributed by atoms with Gasteiger partial charge in [-0.3, -0.25) is 4.79 Å². The second-order valence-electron chi connectivity index (χ2n) is 3.54. The highest BCUT2D eigenvalue weighted by Gasteiger charge is 2.38. The van der Waals surface area contributed by atoms with Crippen LogP contribution in [0.5, 0.6) is 5.75 Å². The molecule has 0 aliphatic rings. The Morgan fingerprint density at radius 1 is 1.39 bits per heavy atom. The predicted octanol–water partition coefficient (Wildman–Crippen LogP) is 1.84. The van der Waals surface area contributed by atoms with Gasteiger partial charge < -0.3 is 16.2 Å². The van der Waals surface area contributed by atoms with Crippen molar-refractivity contribution in [2.24, 2.45) is 5.73 Å². The van der Waals surface area contributed by atoms with E-state index in [1.54, 1.807) is 0 Å². The maximum absolute atomic E-state index is 13.3. The molecule has 0 radical (unpaired) electrons. The first kappa shape index (κ1) is 14.1. The monoisotopic (exact) mass is 266 g/mol. The number of halogens is 4. The van der Waals surface area contributed by atoms with Crippen molar-refractivity contribution < 1.29 is 27.1 Å².